The second kappa shape index (κ2) is 6.02. The van der Waals surface area contributed by atoms with Crippen molar-refractivity contribution in [3.8, 4) is 0 Å². The predicted octanol–water partition coefficient (Wildman–Crippen LogP) is 2.65. The van der Waals surface area contributed by atoms with Crippen LogP contribution in [0, 0.1) is 0 Å². The largest absolute Gasteiger partial charge is 0.282 e. The van der Waals surface area contributed by atoms with Crippen molar-refractivity contribution in [2.24, 2.45) is 0 Å². The molecule has 0 saturated carbocycles. The van der Waals surface area contributed by atoms with Crippen molar-refractivity contribution in [1.29, 1.82) is 0 Å². The Morgan fingerprint density at radius 2 is 2.33 bits per heavy atom. The summed E-state index contributed by atoms with van der Waals surface area (Å²) in [7, 11) is 0. The smallest absolute Gasteiger partial charge is 0.220 e. The maximum atomic E-state index is 10.2. The van der Waals surface area contributed by atoms with Crippen molar-refractivity contribution < 1.29 is 4.79 Å². The van der Waals surface area contributed by atoms with Gasteiger partial charge in [-0.2, -0.15) is 0 Å². The molecule has 0 fully saturated rings. The summed E-state index contributed by atoms with van der Waals surface area (Å²) < 4.78 is -0.0430. The highest BCUT2D eigenvalue weighted by atomic mass is 79.9. The second-order valence-electron chi connectivity index (χ2n) is 1.85. The van der Waals surface area contributed by atoms with E-state index in [-0.39, 0.29) is 4.69 Å². The van der Waals surface area contributed by atoms with Crippen molar-refractivity contribution in [3.63, 3.8) is 0 Å². The molecule has 0 N–H and O–H groups in total. The van der Waals surface area contributed by atoms with Crippen LogP contribution in [0.15, 0.2) is 12.2 Å². The lowest BCUT2D eigenvalue weighted by atomic mass is 10.2. The van der Waals surface area contributed by atoms with E-state index >= 15 is 0 Å². The number of hydrogen-bond acceptors (Lipinski definition) is 1. The molecule has 0 amide bonds. The van der Waals surface area contributed by atoms with Gasteiger partial charge in [-0.25, -0.2) is 0 Å². The van der Waals surface area contributed by atoms with Crippen molar-refractivity contribution >= 4 is 20.6 Å². The van der Waals surface area contributed by atoms with Crippen LogP contribution in [0.5, 0.6) is 0 Å². The van der Waals surface area contributed by atoms with E-state index in [0.717, 1.165) is 12.8 Å². The van der Waals surface area contributed by atoms with Crippen LogP contribution in [-0.4, -0.2) is 4.69 Å². The Morgan fingerprint density at radius 3 is 2.78 bits per heavy atom. The molecule has 2 heteroatoms. The van der Waals surface area contributed by atoms with Gasteiger partial charge < -0.3 is 0 Å². The molecule has 0 saturated heterocycles. The summed E-state index contributed by atoms with van der Waals surface area (Å²) in [4.78, 5) is 10.2. The summed E-state index contributed by atoms with van der Waals surface area (Å²) >= 11 is 2.80. The van der Waals surface area contributed by atoms with Gasteiger partial charge in [0.2, 0.25) is 4.69 Å². The molecule has 0 unspecified atom stereocenters. The Hall–Kier alpha value is -0.110. The van der Waals surface area contributed by atoms with Gasteiger partial charge in [0.05, 0.1) is 0 Å². The molecule has 0 aliphatic rings. The van der Waals surface area contributed by atoms with Gasteiger partial charge in [0.15, 0.2) is 0 Å². The van der Waals surface area contributed by atoms with Gasteiger partial charge in [-0.05, 0) is 28.4 Å². The SMILES string of the molecule is CCCCC=CC(=O)Br. The van der Waals surface area contributed by atoms with Crippen LogP contribution >= 0.6 is 15.9 Å². The Labute approximate surface area is 64.3 Å². The monoisotopic (exact) mass is 190 g/mol. The fraction of sp³-hybridized carbons (Fsp3) is 0.571. The Morgan fingerprint density at radius 1 is 1.67 bits per heavy atom. The molecule has 0 aromatic carbocycles. The zero-order valence-electron chi connectivity index (χ0n) is 5.56. The average Bonchev–Trinajstić information content (AvgIpc) is 1.80. The minimum Gasteiger partial charge on any atom is -0.282 e. The summed E-state index contributed by atoms with van der Waals surface area (Å²) in [5, 5.41) is 0. The normalized spacial score (nSPS) is 10.4. The molecule has 1 nitrogen and oxygen atoms in total. The van der Waals surface area contributed by atoms with E-state index < -0.39 is 0 Å². The minimum absolute atomic E-state index is 0.0430. The Balaban J connectivity index is 3.15. The average molecular weight is 191 g/mol. The number of allylic oxidation sites excluding steroid dienone is 2. The number of carbonyl (C=O) groups excluding carboxylic acids is 1. The second-order valence-corrected chi connectivity index (χ2v) is 2.63. The maximum Gasteiger partial charge on any atom is 0.220 e. The third-order valence-corrected chi connectivity index (χ3v) is 1.24. The predicted molar refractivity (Wildman–Crippen MR) is 42.6 cm³/mol. The zero-order valence-corrected chi connectivity index (χ0v) is 7.15. The van der Waals surface area contributed by atoms with Crippen molar-refractivity contribution in [2.45, 2.75) is 26.2 Å². The van der Waals surface area contributed by atoms with E-state index in [1.165, 1.54) is 6.42 Å². The van der Waals surface area contributed by atoms with Gasteiger partial charge in [0.25, 0.3) is 0 Å². The van der Waals surface area contributed by atoms with Crippen molar-refractivity contribution in [1.82, 2.24) is 0 Å². The molecule has 0 heterocycles. The summed E-state index contributed by atoms with van der Waals surface area (Å²) in [6.45, 7) is 2.13. The number of carbonyl (C=O) groups is 1. The van der Waals surface area contributed by atoms with Crippen LogP contribution in [0.3, 0.4) is 0 Å². The lowest BCUT2D eigenvalue weighted by molar-refractivity contribution is -0.106. The highest BCUT2D eigenvalue weighted by molar-refractivity contribution is 9.18. The quantitative estimate of drug-likeness (QED) is 0.379. The summed E-state index contributed by atoms with van der Waals surface area (Å²) in [6.07, 6.45) is 6.79. The molecule has 0 aromatic rings. The summed E-state index contributed by atoms with van der Waals surface area (Å²) in [6, 6.07) is 0. The first-order chi connectivity index (χ1) is 4.27. The van der Waals surface area contributed by atoms with E-state index in [0.29, 0.717) is 0 Å². The lowest BCUT2D eigenvalue weighted by Gasteiger charge is -1.84. The first-order valence-corrected chi connectivity index (χ1v) is 3.92. The third kappa shape index (κ3) is 7.89. The van der Waals surface area contributed by atoms with Crippen molar-refractivity contribution in [2.75, 3.05) is 0 Å². The van der Waals surface area contributed by atoms with Crippen LogP contribution in [0.4, 0.5) is 0 Å². The Bertz CT molecular complexity index is 107. The summed E-state index contributed by atoms with van der Waals surface area (Å²) in [5.41, 5.74) is 0. The number of halogens is 1. The van der Waals surface area contributed by atoms with Gasteiger partial charge in [0, 0.05) is 0 Å². The number of rotatable bonds is 4. The first-order valence-electron chi connectivity index (χ1n) is 3.13. The van der Waals surface area contributed by atoms with E-state index in [9.17, 15) is 4.79 Å². The van der Waals surface area contributed by atoms with E-state index in [2.05, 4.69) is 22.9 Å². The van der Waals surface area contributed by atoms with Crippen LogP contribution in [0.25, 0.3) is 0 Å². The summed E-state index contributed by atoms with van der Waals surface area (Å²) in [5.74, 6) is 0. The van der Waals surface area contributed by atoms with Crippen molar-refractivity contribution in [3.05, 3.63) is 12.2 Å². The lowest BCUT2D eigenvalue weighted by Crippen LogP contribution is -1.73. The maximum absolute atomic E-state index is 10.2. The van der Waals surface area contributed by atoms with Gasteiger partial charge in [-0.15, -0.1) is 0 Å². The highest BCUT2D eigenvalue weighted by Gasteiger charge is 1.82. The molecule has 0 radical (unpaired) electrons. The number of unbranched alkanes of at least 4 members (excludes halogenated alkanes) is 2. The van der Waals surface area contributed by atoms with Crippen LogP contribution in [0.2, 0.25) is 0 Å². The molecule has 0 atom stereocenters. The molecular formula is C7H11BrO. The van der Waals surface area contributed by atoms with Crippen LogP contribution in [0.1, 0.15) is 26.2 Å². The molecule has 0 aromatic heterocycles. The fourth-order valence-corrected chi connectivity index (χ4v) is 0.685. The Kier molecular flexibility index (Phi) is 5.94. The molecule has 0 aliphatic carbocycles. The molecule has 0 spiro atoms. The van der Waals surface area contributed by atoms with Crippen LogP contribution in [-0.2, 0) is 4.79 Å². The van der Waals surface area contributed by atoms with E-state index in [4.69, 9.17) is 0 Å². The first kappa shape index (κ1) is 8.89. The number of hydrogen-bond donors (Lipinski definition) is 0. The molecule has 9 heavy (non-hydrogen) atoms. The van der Waals surface area contributed by atoms with E-state index in [1.54, 1.807) is 6.08 Å². The van der Waals surface area contributed by atoms with Gasteiger partial charge in [0.1, 0.15) is 0 Å². The van der Waals surface area contributed by atoms with Crippen LogP contribution < -0.4 is 0 Å². The third-order valence-electron chi connectivity index (χ3n) is 0.973. The topological polar surface area (TPSA) is 17.1 Å². The van der Waals surface area contributed by atoms with Gasteiger partial charge in [-0.1, -0.05) is 25.8 Å². The molecule has 52 valence electrons. The highest BCUT2D eigenvalue weighted by Crippen LogP contribution is 1.96. The standard InChI is InChI=1S/C7H11BrO/c1-2-3-4-5-6-7(8)9/h5-6H,2-4H2,1H3. The molecule has 0 rings (SSSR count). The molecule has 0 aliphatic heterocycles. The van der Waals surface area contributed by atoms with E-state index in [1.807, 2.05) is 6.08 Å². The molecular weight excluding hydrogens is 180 g/mol. The van der Waals surface area contributed by atoms with Gasteiger partial charge in [-0.3, -0.25) is 4.79 Å². The zero-order chi connectivity index (χ0) is 7.11. The van der Waals surface area contributed by atoms with Gasteiger partial charge >= 0.3 is 0 Å². The fourth-order valence-electron chi connectivity index (χ4n) is 0.498. The molecule has 0 bridgehead atoms. The minimum atomic E-state index is -0.0430.